The highest BCUT2D eigenvalue weighted by Gasteiger charge is 2.53. The van der Waals surface area contributed by atoms with Crippen molar-refractivity contribution in [2.45, 2.75) is 11.6 Å². The van der Waals surface area contributed by atoms with Gasteiger partial charge >= 0.3 is 6.16 Å². The highest BCUT2D eigenvalue weighted by Crippen LogP contribution is 2.34. The van der Waals surface area contributed by atoms with Crippen LogP contribution < -0.4 is 0 Å². The molecule has 2 aliphatic rings. The van der Waals surface area contributed by atoms with Gasteiger partial charge in [0.05, 0.1) is 11.8 Å². The van der Waals surface area contributed by atoms with Crippen molar-refractivity contribution in [3.05, 3.63) is 0 Å². The third-order valence-corrected chi connectivity index (χ3v) is 2.69. The van der Waals surface area contributed by atoms with Crippen LogP contribution in [0.3, 0.4) is 0 Å². The zero-order chi connectivity index (χ0) is 10.2. The van der Waals surface area contributed by atoms with Crippen molar-refractivity contribution in [2.75, 3.05) is 25.0 Å². The minimum absolute atomic E-state index is 0.0802. The second kappa shape index (κ2) is 3.41. The van der Waals surface area contributed by atoms with Crippen LogP contribution in [-0.4, -0.2) is 42.7 Å². The van der Waals surface area contributed by atoms with Crippen molar-refractivity contribution in [1.29, 1.82) is 0 Å². The van der Waals surface area contributed by atoms with Crippen LogP contribution in [0.15, 0.2) is 0 Å². The summed E-state index contributed by atoms with van der Waals surface area (Å²) in [6.07, 6.45) is -0.874. The summed E-state index contributed by atoms with van der Waals surface area (Å²) >= 11 is 11.0. The highest BCUT2D eigenvalue weighted by molar-refractivity contribution is 6.19. The van der Waals surface area contributed by atoms with E-state index in [1.54, 1.807) is 0 Å². The van der Waals surface area contributed by atoms with Gasteiger partial charge in [0.25, 0.3) is 11.6 Å². The van der Waals surface area contributed by atoms with Gasteiger partial charge in [-0.15, -0.1) is 23.2 Å². The molecule has 5 nitrogen and oxygen atoms in total. The molecule has 2 unspecified atom stereocenters. The summed E-state index contributed by atoms with van der Waals surface area (Å²) in [6.45, 7) is 0.584. The van der Waals surface area contributed by atoms with Gasteiger partial charge in [0.2, 0.25) is 0 Å². The predicted octanol–water partition coefficient (Wildman–Crippen LogP) is 1.07. The molecule has 0 N–H and O–H groups in total. The van der Waals surface area contributed by atoms with E-state index in [0.29, 0.717) is 13.2 Å². The van der Waals surface area contributed by atoms with Gasteiger partial charge in [-0.3, -0.25) is 0 Å². The molecule has 0 bridgehead atoms. The van der Waals surface area contributed by atoms with E-state index in [1.807, 2.05) is 0 Å². The van der Waals surface area contributed by atoms with E-state index in [0.717, 1.165) is 0 Å². The average Bonchev–Trinajstić information content (AvgIpc) is 3.04. The van der Waals surface area contributed by atoms with Gasteiger partial charge in [-0.1, -0.05) is 0 Å². The fraction of sp³-hybridized carbons (Fsp3) is 0.857. The number of hydrogen-bond donors (Lipinski definition) is 0. The van der Waals surface area contributed by atoms with Crippen LogP contribution in [0.4, 0.5) is 4.79 Å². The highest BCUT2D eigenvalue weighted by atomic mass is 35.5. The van der Waals surface area contributed by atoms with Gasteiger partial charge in [0, 0.05) is 0 Å². The molecule has 7 heteroatoms. The second-order valence-corrected chi connectivity index (χ2v) is 3.65. The SMILES string of the molecule is O=C(OC1(CCl)CO1)OC1(CCl)CO1. The number of alkyl halides is 2. The monoisotopic (exact) mass is 242 g/mol. The van der Waals surface area contributed by atoms with Crippen LogP contribution in [0.1, 0.15) is 0 Å². The van der Waals surface area contributed by atoms with E-state index in [4.69, 9.17) is 42.1 Å². The van der Waals surface area contributed by atoms with Crippen LogP contribution in [0.5, 0.6) is 0 Å². The molecular formula is C7H8Cl2O5. The molecular weight excluding hydrogens is 235 g/mol. The summed E-state index contributed by atoms with van der Waals surface area (Å²) < 4.78 is 19.4. The van der Waals surface area contributed by atoms with Crippen LogP contribution in [0, 0.1) is 0 Å². The largest absolute Gasteiger partial charge is 0.513 e. The Morgan fingerprint density at radius 1 is 1.14 bits per heavy atom. The molecule has 2 fully saturated rings. The van der Waals surface area contributed by atoms with Crippen LogP contribution in [-0.2, 0) is 18.9 Å². The lowest BCUT2D eigenvalue weighted by atomic mass is 10.4. The molecule has 2 aliphatic heterocycles. The first-order valence-electron chi connectivity index (χ1n) is 3.95. The van der Waals surface area contributed by atoms with Gasteiger partial charge in [-0.2, -0.15) is 0 Å². The number of rotatable bonds is 4. The number of carbonyl (C=O) groups excluding carboxylic acids is 1. The normalized spacial score (nSPS) is 39.0. The van der Waals surface area contributed by atoms with E-state index >= 15 is 0 Å². The summed E-state index contributed by atoms with van der Waals surface area (Å²) in [6, 6.07) is 0. The van der Waals surface area contributed by atoms with E-state index in [2.05, 4.69) is 0 Å². The Kier molecular flexibility index (Phi) is 2.51. The van der Waals surface area contributed by atoms with Crippen LogP contribution >= 0.6 is 23.2 Å². The number of epoxide rings is 2. The Morgan fingerprint density at radius 3 is 1.71 bits per heavy atom. The van der Waals surface area contributed by atoms with Crippen molar-refractivity contribution in [2.24, 2.45) is 0 Å². The van der Waals surface area contributed by atoms with Gasteiger partial charge in [-0.05, 0) is 0 Å². The molecule has 0 spiro atoms. The molecule has 14 heavy (non-hydrogen) atoms. The molecule has 0 saturated carbocycles. The Balaban J connectivity index is 1.79. The van der Waals surface area contributed by atoms with Crippen molar-refractivity contribution in [3.8, 4) is 0 Å². The maximum atomic E-state index is 11.2. The number of carbonyl (C=O) groups is 1. The standard InChI is InChI=1S/C7H8Cl2O5/c8-1-6(3-11-6)13-5(10)14-7(2-9)4-12-7/h1-4H2. The fourth-order valence-electron chi connectivity index (χ4n) is 0.812. The minimum atomic E-state index is -0.999. The topological polar surface area (TPSA) is 60.6 Å². The Hall–Kier alpha value is -0.230. The Bertz CT molecular complexity index is 224. The molecule has 0 aromatic rings. The Morgan fingerprint density at radius 2 is 1.50 bits per heavy atom. The third kappa shape index (κ3) is 2.06. The van der Waals surface area contributed by atoms with Crippen LogP contribution in [0.2, 0.25) is 0 Å². The van der Waals surface area contributed by atoms with Crippen molar-refractivity contribution in [3.63, 3.8) is 0 Å². The maximum Gasteiger partial charge on any atom is 0.513 e. The van der Waals surface area contributed by atoms with E-state index < -0.39 is 17.7 Å². The van der Waals surface area contributed by atoms with E-state index in [9.17, 15) is 4.79 Å². The van der Waals surface area contributed by atoms with Gasteiger partial charge in [0.1, 0.15) is 13.2 Å². The van der Waals surface area contributed by atoms with Gasteiger partial charge in [0.15, 0.2) is 0 Å². The molecule has 0 amide bonds. The maximum absolute atomic E-state index is 11.2. The summed E-state index contributed by atoms with van der Waals surface area (Å²) in [7, 11) is 0. The van der Waals surface area contributed by atoms with Crippen molar-refractivity contribution < 1.29 is 23.7 Å². The fourth-order valence-corrected chi connectivity index (χ4v) is 1.23. The first kappa shape index (κ1) is 10.3. The van der Waals surface area contributed by atoms with Crippen molar-refractivity contribution in [1.82, 2.24) is 0 Å². The lowest BCUT2D eigenvalue weighted by molar-refractivity contribution is -0.0642. The second-order valence-electron chi connectivity index (χ2n) is 3.12. The molecule has 2 saturated heterocycles. The number of hydrogen-bond acceptors (Lipinski definition) is 5. The summed E-state index contributed by atoms with van der Waals surface area (Å²) in [5.74, 6) is -1.84. The van der Waals surface area contributed by atoms with Gasteiger partial charge in [-0.25, -0.2) is 4.79 Å². The summed E-state index contributed by atoms with van der Waals surface area (Å²) in [4.78, 5) is 11.2. The number of ether oxygens (including phenoxy) is 4. The zero-order valence-corrected chi connectivity index (χ0v) is 8.64. The molecule has 0 aromatic carbocycles. The van der Waals surface area contributed by atoms with Crippen molar-refractivity contribution >= 4 is 29.4 Å². The summed E-state index contributed by atoms with van der Waals surface area (Å²) in [5, 5.41) is 0. The lowest BCUT2D eigenvalue weighted by Crippen LogP contribution is -2.29. The first-order valence-corrected chi connectivity index (χ1v) is 5.02. The molecule has 2 atom stereocenters. The quantitative estimate of drug-likeness (QED) is 0.420. The molecule has 2 rings (SSSR count). The summed E-state index contributed by atoms with van der Waals surface area (Å²) in [5.41, 5.74) is 0. The Labute approximate surface area is 90.1 Å². The molecule has 0 aliphatic carbocycles. The van der Waals surface area contributed by atoms with Gasteiger partial charge < -0.3 is 18.9 Å². The third-order valence-electron chi connectivity index (χ3n) is 1.88. The molecule has 2 heterocycles. The lowest BCUT2D eigenvalue weighted by Gasteiger charge is -2.12. The molecule has 0 radical (unpaired) electrons. The van der Waals surface area contributed by atoms with E-state index in [-0.39, 0.29) is 11.8 Å². The zero-order valence-electron chi connectivity index (χ0n) is 7.13. The number of halogens is 2. The first-order chi connectivity index (χ1) is 6.64. The van der Waals surface area contributed by atoms with Crippen LogP contribution in [0.25, 0.3) is 0 Å². The average molecular weight is 243 g/mol. The predicted molar refractivity (Wildman–Crippen MR) is 46.4 cm³/mol. The minimum Gasteiger partial charge on any atom is -0.398 e. The molecule has 0 aromatic heterocycles. The molecule has 80 valence electrons. The van der Waals surface area contributed by atoms with E-state index in [1.165, 1.54) is 0 Å². The smallest absolute Gasteiger partial charge is 0.398 e.